The van der Waals surface area contributed by atoms with Crippen LogP contribution in [0, 0.1) is 17.8 Å². The van der Waals surface area contributed by atoms with Crippen LogP contribution in [-0.2, 0) is 14.8 Å². The molecule has 1 atom stereocenters. The molecule has 1 aliphatic rings. The summed E-state index contributed by atoms with van der Waals surface area (Å²) in [7, 11) is -3.59. The normalized spacial score (nSPS) is 19.0. The number of nitrogens with zero attached hydrogens (tertiary/aromatic N) is 1. The van der Waals surface area contributed by atoms with Crippen molar-refractivity contribution in [1.29, 1.82) is 0 Å². The highest BCUT2D eigenvalue weighted by Gasteiger charge is 2.34. The van der Waals surface area contributed by atoms with Crippen LogP contribution >= 0.6 is 0 Å². The number of hydrogen-bond acceptors (Lipinski definition) is 4. The van der Waals surface area contributed by atoms with Gasteiger partial charge in [0.25, 0.3) is 0 Å². The lowest BCUT2D eigenvalue weighted by Gasteiger charge is -2.16. The largest absolute Gasteiger partial charge is 0.369 e. The summed E-state index contributed by atoms with van der Waals surface area (Å²) in [6, 6.07) is 6.29. The second-order valence-electron chi connectivity index (χ2n) is 4.78. The van der Waals surface area contributed by atoms with E-state index in [4.69, 9.17) is 11.5 Å². The number of primary amides is 1. The van der Waals surface area contributed by atoms with E-state index in [1.165, 1.54) is 16.4 Å². The van der Waals surface area contributed by atoms with Crippen molar-refractivity contribution < 1.29 is 13.2 Å². The molecular weight excluding hydrogens is 290 g/mol. The van der Waals surface area contributed by atoms with Crippen molar-refractivity contribution in [3.8, 4) is 11.8 Å². The first-order valence-electron chi connectivity index (χ1n) is 6.53. The molecule has 0 saturated carbocycles. The van der Waals surface area contributed by atoms with Crippen molar-refractivity contribution in [3.63, 3.8) is 0 Å². The lowest BCUT2D eigenvalue weighted by atomic mass is 10.1. The van der Waals surface area contributed by atoms with Gasteiger partial charge >= 0.3 is 0 Å². The fourth-order valence-corrected chi connectivity index (χ4v) is 3.69. The number of carbonyl (C=O) groups is 1. The number of carbonyl (C=O) groups excluding carboxylic acids is 1. The van der Waals surface area contributed by atoms with Crippen LogP contribution in [0.2, 0.25) is 0 Å². The number of hydrogen-bond donors (Lipinski definition) is 2. The molecule has 0 spiro atoms. The van der Waals surface area contributed by atoms with Crippen LogP contribution in [0.3, 0.4) is 0 Å². The molecule has 2 rings (SSSR count). The van der Waals surface area contributed by atoms with E-state index in [0.717, 1.165) is 0 Å². The van der Waals surface area contributed by atoms with Crippen molar-refractivity contribution >= 4 is 15.9 Å². The van der Waals surface area contributed by atoms with Crippen molar-refractivity contribution in [2.45, 2.75) is 11.3 Å². The third-order valence-electron chi connectivity index (χ3n) is 3.38. The Hall–Kier alpha value is -1.88. The summed E-state index contributed by atoms with van der Waals surface area (Å²) < 4.78 is 26.2. The zero-order chi connectivity index (χ0) is 15.5. The molecule has 0 aliphatic carbocycles. The molecule has 1 unspecified atom stereocenters. The number of nitrogens with two attached hydrogens (primary N) is 2. The Kier molecular flexibility index (Phi) is 4.63. The minimum atomic E-state index is -3.59. The average molecular weight is 307 g/mol. The molecule has 1 fully saturated rings. The molecule has 0 aromatic heterocycles. The lowest BCUT2D eigenvalue weighted by Crippen LogP contribution is -2.31. The summed E-state index contributed by atoms with van der Waals surface area (Å²) in [4.78, 5) is 11.3. The molecule has 0 bridgehead atoms. The molecule has 21 heavy (non-hydrogen) atoms. The predicted octanol–water partition coefficient (Wildman–Crippen LogP) is -0.507. The standard InChI is InChI=1S/C14H17N3O3S/c15-8-1-2-11-3-5-13(6-4-11)21(19,20)17-9-7-12(10-17)14(16)18/h3-6,12H,7-10,15H2,(H2,16,18). The predicted molar refractivity (Wildman–Crippen MR) is 78.4 cm³/mol. The molecule has 1 saturated heterocycles. The van der Waals surface area contributed by atoms with Gasteiger partial charge in [-0.3, -0.25) is 4.79 Å². The Balaban J connectivity index is 2.18. The Morgan fingerprint density at radius 1 is 1.33 bits per heavy atom. The van der Waals surface area contributed by atoms with Gasteiger partial charge in [0.15, 0.2) is 0 Å². The minimum absolute atomic E-state index is 0.145. The van der Waals surface area contributed by atoms with Crippen molar-refractivity contribution in [3.05, 3.63) is 29.8 Å². The van der Waals surface area contributed by atoms with E-state index >= 15 is 0 Å². The van der Waals surface area contributed by atoms with Gasteiger partial charge in [0.1, 0.15) is 0 Å². The highest BCUT2D eigenvalue weighted by atomic mass is 32.2. The monoisotopic (exact) mass is 307 g/mol. The van der Waals surface area contributed by atoms with Gasteiger partial charge < -0.3 is 11.5 Å². The van der Waals surface area contributed by atoms with Crippen LogP contribution in [0.1, 0.15) is 12.0 Å². The molecule has 1 aliphatic heterocycles. The molecule has 1 aromatic carbocycles. The second-order valence-corrected chi connectivity index (χ2v) is 6.72. The Labute approximate surface area is 124 Å². The first-order valence-corrected chi connectivity index (χ1v) is 7.97. The minimum Gasteiger partial charge on any atom is -0.369 e. The van der Waals surface area contributed by atoms with Gasteiger partial charge in [-0.2, -0.15) is 4.31 Å². The van der Waals surface area contributed by atoms with E-state index in [1.807, 2.05) is 0 Å². The van der Waals surface area contributed by atoms with Crippen molar-refractivity contribution in [1.82, 2.24) is 4.31 Å². The number of amides is 1. The maximum atomic E-state index is 12.4. The third-order valence-corrected chi connectivity index (χ3v) is 5.26. The molecule has 6 nitrogen and oxygen atoms in total. The van der Waals surface area contributed by atoms with E-state index in [9.17, 15) is 13.2 Å². The summed E-state index contributed by atoms with van der Waals surface area (Å²) in [6.07, 6.45) is 0.467. The average Bonchev–Trinajstić information content (AvgIpc) is 2.96. The molecule has 4 N–H and O–H groups in total. The topological polar surface area (TPSA) is 106 Å². The lowest BCUT2D eigenvalue weighted by molar-refractivity contribution is -0.121. The summed E-state index contributed by atoms with van der Waals surface area (Å²) in [5.41, 5.74) is 11.2. The van der Waals surface area contributed by atoms with E-state index in [0.29, 0.717) is 18.5 Å². The molecule has 7 heteroatoms. The first kappa shape index (κ1) is 15.5. The highest BCUT2D eigenvalue weighted by molar-refractivity contribution is 7.89. The highest BCUT2D eigenvalue weighted by Crippen LogP contribution is 2.24. The second kappa shape index (κ2) is 6.26. The van der Waals surface area contributed by atoms with E-state index < -0.39 is 21.8 Å². The molecule has 1 amide bonds. The van der Waals surface area contributed by atoms with Gasteiger partial charge in [-0.1, -0.05) is 11.8 Å². The zero-order valence-electron chi connectivity index (χ0n) is 11.5. The van der Waals surface area contributed by atoms with Crippen molar-refractivity contribution in [2.75, 3.05) is 19.6 Å². The molecule has 1 heterocycles. The Morgan fingerprint density at radius 3 is 2.52 bits per heavy atom. The number of benzene rings is 1. The SMILES string of the molecule is NCC#Cc1ccc(S(=O)(=O)N2CCC(C(N)=O)C2)cc1. The maximum absolute atomic E-state index is 12.4. The first-order chi connectivity index (χ1) is 9.95. The van der Waals surface area contributed by atoms with E-state index in [1.54, 1.807) is 12.1 Å². The zero-order valence-corrected chi connectivity index (χ0v) is 12.3. The van der Waals surface area contributed by atoms with Gasteiger partial charge in [-0.05, 0) is 30.7 Å². The summed E-state index contributed by atoms with van der Waals surface area (Å²) in [6.45, 7) is 0.708. The quantitative estimate of drug-likeness (QED) is 0.734. The number of rotatable bonds is 3. The fraction of sp³-hybridized carbons (Fsp3) is 0.357. The fourth-order valence-electron chi connectivity index (χ4n) is 2.19. The molecule has 112 valence electrons. The smallest absolute Gasteiger partial charge is 0.243 e. The van der Waals surface area contributed by atoms with Gasteiger partial charge in [0.05, 0.1) is 17.4 Å². The summed E-state index contributed by atoms with van der Waals surface area (Å²) in [5, 5.41) is 0. The molecular formula is C14H17N3O3S. The van der Waals surface area contributed by atoms with Gasteiger partial charge in [0, 0.05) is 18.7 Å². The Morgan fingerprint density at radius 2 is 2.00 bits per heavy atom. The van der Waals surface area contributed by atoms with Gasteiger partial charge in [-0.15, -0.1) is 0 Å². The molecule has 0 radical (unpaired) electrons. The third kappa shape index (κ3) is 3.42. The maximum Gasteiger partial charge on any atom is 0.243 e. The van der Waals surface area contributed by atoms with Crippen LogP contribution in [0.25, 0.3) is 0 Å². The number of sulfonamides is 1. The summed E-state index contributed by atoms with van der Waals surface area (Å²) in [5.74, 6) is 4.67. The van der Waals surface area contributed by atoms with Crippen LogP contribution in [0.5, 0.6) is 0 Å². The van der Waals surface area contributed by atoms with Gasteiger partial charge in [0.2, 0.25) is 15.9 Å². The van der Waals surface area contributed by atoms with Crippen molar-refractivity contribution in [2.24, 2.45) is 17.4 Å². The van der Waals surface area contributed by atoms with Crippen LogP contribution in [0.4, 0.5) is 0 Å². The van der Waals surface area contributed by atoms with E-state index in [-0.39, 0.29) is 18.0 Å². The van der Waals surface area contributed by atoms with Crippen LogP contribution in [-0.4, -0.2) is 38.3 Å². The molecule has 1 aromatic rings. The van der Waals surface area contributed by atoms with Crippen LogP contribution < -0.4 is 11.5 Å². The summed E-state index contributed by atoms with van der Waals surface area (Å²) >= 11 is 0. The van der Waals surface area contributed by atoms with E-state index in [2.05, 4.69) is 11.8 Å². The van der Waals surface area contributed by atoms with Gasteiger partial charge in [-0.25, -0.2) is 8.42 Å². The Bertz CT molecular complexity index is 686. The van der Waals surface area contributed by atoms with Crippen LogP contribution in [0.15, 0.2) is 29.2 Å².